The van der Waals surface area contributed by atoms with E-state index in [1.54, 1.807) is 0 Å². The largest absolute Gasteiger partial charge is 0.412 e. The van der Waals surface area contributed by atoms with E-state index in [2.05, 4.69) is 24.3 Å². The van der Waals surface area contributed by atoms with Crippen LogP contribution in [-0.2, 0) is 19.5 Å². The number of hydrogen-bond acceptors (Lipinski definition) is 0. The molecule has 0 aromatic carbocycles. The first-order valence-electron chi connectivity index (χ1n) is 3.32. The van der Waals surface area contributed by atoms with E-state index in [-0.39, 0.29) is 25.0 Å². The van der Waals surface area contributed by atoms with Crippen molar-refractivity contribution in [2.75, 3.05) is 0 Å². The molecule has 0 atom stereocenters. The van der Waals surface area contributed by atoms with Crippen molar-refractivity contribution in [3.63, 3.8) is 0 Å². The molecule has 0 spiro atoms. The van der Waals surface area contributed by atoms with Gasteiger partial charge in [0.1, 0.15) is 0 Å². The molecule has 1 radical (unpaired) electrons. The summed E-state index contributed by atoms with van der Waals surface area (Å²) >= 11 is 0. The zero-order valence-electron chi connectivity index (χ0n) is 5.97. The minimum Gasteiger partial charge on any atom is -0.412 e. The van der Waals surface area contributed by atoms with Crippen LogP contribution >= 0.6 is 0 Å². The molecule has 2 heteroatoms. The average Bonchev–Trinajstić information content (AvgIpc) is 1.62. The first-order chi connectivity index (χ1) is 4.00. The second-order valence-corrected chi connectivity index (χ2v) is 2.14. The molecule has 1 nitrogen and oxygen atoms in total. The summed E-state index contributed by atoms with van der Waals surface area (Å²) in [4.78, 5) is 0. The molecule has 10 heavy (non-hydrogen) atoms. The van der Waals surface area contributed by atoms with Crippen molar-refractivity contribution in [1.82, 2.24) is 0 Å². The van der Waals surface area contributed by atoms with Gasteiger partial charge in [-0.1, -0.05) is 24.3 Å². The second-order valence-electron chi connectivity index (χ2n) is 2.14. The predicted molar refractivity (Wildman–Crippen MR) is 40.4 cm³/mol. The molecule has 0 aromatic heterocycles. The minimum atomic E-state index is 0. The van der Waals surface area contributed by atoms with Gasteiger partial charge in [0.25, 0.3) is 0 Å². The Morgan fingerprint density at radius 3 is 1.60 bits per heavy atom. The summed E-state index contributed by atoms with van der Waals surface area (Å²) in [6.45, 7) is 0. The Bertz CT molecular complexity index is 93.8. The van der Waals surface area contributed by atoms with Crippen molar-refractivity contribution in [3.05, 3.63) is 24.3 Å². The summed E-state index contributed by atoms with van der Waals surface area (Å²) in [5.41, 5.74) is 0. The maximum absolute atomic E-state index is 2.23. The quantitative estimate of drug-likeness (QED) is 0.568. The van der Waals surface area contributed by atoms with Crippen LogP contribution in [0.25, 0.3) is 0 Å². The Balaban J connectivity index is 0. The van der Waals surface area contributed by atoms with Crippen molar-refractivity contribution in [3.8, 4) is 0 Å². The van der Waals surface area contributed by atoms with E-state index in [9.17, 15) is 0 Å². The van der Waals surface area contributed by atoms with Crippen LogP contribution in [0.3, 0.4) is 0 Å². The number of rotatable bonds is 0. The van der Waals surface area contributed by atoms with Crippen molar-refractivity contribution < 1.29 is 25.0 Å². The SMILES string of the molecule is C1=CCCCCC=C1.O.[Rh]. The van der Waals surface area contributed by atoms with Crippen LogP contribution in [-0.4, -0.2) is 5.48 Å². The van der Waals surface area contributed by atoms with Gasteiger partial charge < -0.3 is 5.48 Å². The molecule has 0 unspecified atom stereocenters. The summed E-state index contributed by atoms with van der Waals surface area (Å²) in [7, 11) is 0. The van der Waals surface area contributed by atoms with Crippen molar-refractivity contribution in [2.45, 2.75) is 25.7 Å². The third-order valence-corrected chi connectivity index (χ3v) is 1.37. The van der Waals surface area contributed by atoms with Gasteiger partial charge in [0.15, 0.2) is 0 Å². The number of hydrogen-bond donors (Lipinski definition) is 0. The van der Waals surface area contributed by atoms with Crippen LogP contribution in [0.15, 0.2) is 24.3 Å². The molecule has 0 aliphatic heterocycles. The standard InChI is InChI=1S/C8H12.H2O.Rh/c1-2-4-6-8-7-5-3-1;;/h1-4H,5-8H2;1H2;. The van der Waals surface area contributed by atoms with Gasteiger partial charge in [0.05, 0.1) is 0 Å². The summed E-state index contributed by atoms with van der Waals surface area (Å²) in [6.07, 6.45) is 14.0. The van der Waals surface area contributed by atoms with Gasteiger partial charge >= 0.3 is 0 Å². The van der Waals surface area contributed by atoms with Crippen LogP contribution in [0.2, 0.25) is 0 Å². The minimum absolute atomic E-state index is 0. The molecule has 0 amide bonds. The zero-order valence-corrected chi connectivity index (χ0v) is 7.61. The first-order valence-corrected chi connectivity index (χ1v) is 3.32. The molecule has 1 aliphatic carbocycles. The molecule has 1 rings (SSSR count). The fourth-order valence-corrected chi connectivity index (χ4v) is 0.874. The topological polar surface area (TPSA) is 31.5 Å². The van der Waals surface area contributed by atoms with Crippen molar-refractivity contribution >= 4 is 0 Å². The summed E-state index contributed by atoms with van der Waals surface area (Å²) < 4.78 is 0. The summed E-state index contributed by atoms with van der Waals surface area (Å²) in [5, 5.41) is 0. The van der Waals surface area contributed by atoms with Crippen molar-refractivity contribution in [1.29, 1.82) is 0 Å². The van der Waals surface area contributed by atoms with Gasteiger partial charge in [0, 0.05) is 19.5 Å². The summed E-state index contributed by atoms with van der Waals surface area (Å²) in [5.74, 6) is 0. The molecule has 1 aliphatic rings. The van der Waals surface area contributed by atoms with Crippen LogP contribution < -0.4 is 0 Å². The van der Waals surface area contributed by atoms with Gasteiger partial charge in [-0.15, -0.1) is 0 Å². The third-order valence-electron chi connectivity index (χ3n) is 1.37. The van der Waals surface area contributed by atoms with Gasteiger partial charge in [0.2, 0.25) is 0 Å². The average molecular weight is 229 g/mol. The maximum atomic E-state index is 2.23. The first kappa shape index (κ1) is 12.7. The Labute approximate surface area is 75.3 Å². The molecule has 0 aromatic rings. The fraction of sp³-hybridized carbons (Fsp3) is 0.500. The van der Waals surface area contributed by atoms with Crippen LogP contribution in [0, 0.1) is 0 Å². The van der Waals surface area contributed by atoms with Gasteiger partial charge in [-0.25, -0.2) is 0 Å². The third kappa shape index (κ3) is 6.19. The van der Waals surface area contributed by atoms with Crippen LogP contribution in [0.1, 0.15) is 25.7 Å². The normalized spacial score (nSPS) is 16.0. The van der Waals surface area contributed by atoms with E-state index >= 15 is 0 Å². The van der Waals surface area contributed by atoms with E-state index in [1.165, 1.54) is 25.7 Å². The molecule has 0 bridgehead atoms. The molecule has 0 fully saturated rings. The van der Waals surface area contributed by atoms with E-state index in [0.29, 0.717) is 0 Å². The van der Waals surface area contributed by atoms with Crippen LogP contribution in [0.4, 0.5) is 0 Å². The monoisotopic (exact) mass is 229 g/mol. The Hall–Kier alpha value is 0.0634. The summed E-state index contributed by atoms with van der Waals surface area (Å²) in [6, 6.07) is 0. The smallest absolute Gasteiger partial charge is 0 e. The molecule has 0 saturated heterocycles. The van der Waals surface area contributed by atoms with Gasteiger partial charge in [-0.05, 0) is 25.7 Å². The Kier molecular flexibility index (Phi) is 11.5. The van der Waals surface area contributed by atoms with Crippen molar-refractivity contribution in [2.24, 2.45) is 0 Å². The van der Waals surface area contributed by atoms with Crippen LogP contribution in [0.5, 0.6) is 0 Å². The Morgan fingerprint density at radius 1 is 0.800 bits per heavy atom. The van der Waals surface area contributed by atoms with E-state index in [0.717, 1.165) is 0 Å². The van der Waals surface area contributed by atoms with E-state index < -0.39 is 0 Å². The number of allylic oxidation sites excluding steroid dienone is 4. The molecule has 0 heterocycles. The molecular weight excluding hydrogens is 215 g/mol. The van der Waals surface area contributed by atoms with E-state index in [4.69, 9.17) is 0 Å². The second kappa shape index (κ2) is 9.06. The van der Waals surface area contributed by atoms with E-state index in [1.807, 2.05) is 0 Å². The maximum Gasteiger partial charge on any atom is 0 e. The fourth-order valence-electron chi connectivity index (χ4n) is 0.874. The predicted octanol–water partition coefficient (Wildman–Crippen LogP) is 1.85. The molecule has 0 saturated carbocycles. The Morgan fingerprint density at radius 2 is 1.20 bits per heavy atom. The molecule has 2 N–H and O–H groups in total. The molecular formula is C8H14ORh. The van der Waals surface area contributed by atoms with Gasteiger partial charge in [-0.2, -0.15) is 0 Å². The van der Waals surface area contributed by atoms with Gasteiger partial charge in [-0.3, -0.25) is 0 Å². The zero-order chi connectivity index (χ0) is 5.66. The molecule has 61 valence electrons.